The van der Waals surface area contributed by atoms with Gasteiger partial charge in [-0.25, -0.2) is 0 Å². The molecule has 0 aromatic rings. The Kier molecular flexibility index (Phi) is 7.57. The molecule has 0 saturated heterocycles. The van der Waals surface area contributed by atoms with Crippen molar-refractivity contribution in [2.75, 3.05) is 6.54 Å². The second-order valence-electron chi connectivity index (χ2n) is 6.68. The Morgan fingerprint density at radius 3 is 2.30 bits per heavy atom. The van der Waals surface area contributed by atoms with Gasteiger partial charge in [-0.2, -0.15) is 0 Å². The Morgan fingerprint density at radius 1 is 1.15 bits per heavy atom. The molecule has 2 unspecified atom stereocenters. The van der Waals surface area contributed by atoms with Crippen LogP contribution in [0, 0.1) is 11.3 Å². The zero-order chi connectivity index (χ0) is 15.0. The van der Waals surface area contributed by atoms with Gasteiger partial charge in [0.05, 0.1) is 5.41 Å². The highest BCUT2D eigenvalue weighted by atomic mass is 16.2. The van der Waals surface area contributed by atoms with Crippen LogP contribution < -0.4 is 11.1 Å². The summed E-state index contributed by atoms with van der Waals surface area (Å²) in [6.07, 6.45) is 10.1. The van der Waals surface area contributed by atoms with Gasteiger partial charge in [-0.15, -0.1) is 0 Å². The van der Waals surface area contributed by atoms with E-state index in [1.807, 2.05) is 0 Å². The third-order valence-corrected chi connectivity index (χ3v) is 5.01. The van der Waals surface area contributed by atoms with Crippen molar-refractivity contribution < 1.29 is 4.79 Å². The lowest BCUT2D eigenvalue weighted by atomic mass is 9.78. The molecule has 0 aromatic heterocycles. The first-order chi connectivity index (χ1) is 9.59. The zero-order valence-electron chi connectivity index (χ0n) is 13.7. The Bertz CT molecular complexity index is 285. The van der Waals surface area contributed by atoms with Gasteiger partial charge in [0, 0.05) is 12.6 Å². The fourth-order valence-electron chi connectivity index (χ4n) is 3.63. The largest absolute Gasteiger partial charge is 0.353 e. The van der Waals surface area contributed by atoms with E-state index in [1.54, 1.807) is 0 Å². The lowest BCUT2D eigenvalue weighted by Gasteiger charge is -2.34. The van der Waals surface area contributed by atoms with Gasteiger partial charge in [0.2, 0.25) is 5.91 Å². The van der Waals surface area contributed by atoms with Crippen LogP contribution in [0.1, 0.15) is 78.6 Å². The number of rotatable bonds is 7. The van der Waals surface area contributed by atoms with E-state index in [0.717, 1.165) is 32.1 Å². The first-order valence-corrected chi connectivity index (χ1v) is 8.60. The highest BCUT2D eigenvalue weighted by Gasteiger charge is 2.37. The first kappa shape index (κ1) is 17.5. The number of hydrogen-bond acceptors (Lipinski definition) is 2. The Balaban J connectivity index is 2.73. The molecular weight excluding hydrogens is 248 g/mol. The van der Waals surface area contributed by atoms with E-state index in [2.05, 4.69) is 26.1 Å². The summed E-state index contributed by atoms with van der Waals surface area (Å²) < 4.78 is 0. The predicted octanol–water partition coefficient (Wildman–Crippen LogP) is 3.62. The molecule has 20 heavy (non-hydrogen) atoms. The van der Waals surface area contributed by atoms with Crippen molar-refractivity contribution in [2.45, 2.75) is 84.6 Å². The third kappa shape index (κ3) is 4.47. The van der Waals surface area contributed by atoms with Crippen molar-refractivity contribution in [3.63, 3.8) is 0 Å². The molecular formula is C17H34N2O. The maximum absolute atomic E-state index is 12.8. The number of amides is 1. The summed E-state index contributed by atoms with van der Waals surface area (Å²) in [7, 11) is 0. The Labute approximate surface area is 125 Å². The van der Waals surface area contributed by atoms with Gasteiger partial charge in [-0.05, 0) is 31.6 Å². The van der Waals surface area contributed by atoms with E-state index in [0.29, 0.717) is 18.5 Å². The fraction of sp³-hybridized carbons (Fsp3) is 0.941. The summed E-state index contributed by atoms with van der Waals surface area (Å²) in [6.45, 7) is 7.03. The summed E-state index contributed by atoms with van der Waals surface area (Å²) in [5.74, 6) is 0.808. The van der Waals surface area contributed by atoms with E-state index in [1.165, 1.54) is 25.7 Å². The lowest BCUT2D eigenvalue weighted by Crippen LogP contribution is -2.50. The van der Waals surface area contributed by atoms with E-state index < -0.39 is 0 Å². The van der Waals surface area contributed by atoms with Crippen LogP contribution in [-0.2, 0) is 4.79 Å². The quantitative estimate of drug-likeness (QED) is 0.701. The maximum Gasteiger partial charge on any atom is 0.227 e. The van der Waals surface area contributed by atoms with Crippen LogP contribution in [0.3, 0.4) is 0 Å². The van der Waals surface area contributed by atoms with E-state index >= 15 is 0 Å². The van der Waals surface area contributed by atoms with Gasteiger partial charge < -0.3 is 11.1 Å². The van der Waals surface area contributed by atoms with Crippen LogP contribution in [0.15, 0.2) is 0 Å². The van der Waals surface area contributed by atoms with Crippen molar-refractivity contribution in [3.8, 4) is 0 Å². The highest BCUT2D eigenvalue weighted by Crippen LogP contribution is 2.31. The van der Waals surface area contributed by atoms with Crippen LogP contribution in [0.25, 0.3) is 0 Å². The van der Waals surface area contributed by atoms with Crippen molar-refractivity contribution in [3.05, 3.63) is 0 Å². The maximum atomic E-state index is 12.8. The molecule has 0 spiro atoms. The monoisotopic (exact) mass is 282 g/mol. The standard InChI is InChI=1S/C17H34N2O/c1-4-11-17(13-18,12-5-2)16(20)19-15-10-8-6-7-9-14(15)3/h14-15H,4-13,18H2,1-3H3,(H,19,20). The summed E-state index contributed by atoms with van der Waals surface area (Å²) in [4.78, 5) is 12.8. The molecule has 2 atom stereocenters. The number of nitrogens with two attached hydrogens (primary N) is 1. The molecule has 0 aliphatic heterocycles. The minimum atomic E-state index is -0.338. The summed E-state index contributed by atoms with van der Waals surface area (Å²) in [5.41, 5.74) is 5.65. The molecule has 1 rings (SSSR count). The second kappa shape index (κ2) is 8.66. The molecule has 0 bridgehead atoms. The molecule has 3 nitrogen and oxygen atoms in total. The Morgan fingerprint density at radius 2 is 1.75 bits per heavy atom. The van der Waals surface area contributed by atoms with Gasteiger partial charge in [0.15, 0.2) is 0 Å². The summed E-state index contributed by atoms with van der Waals surface area (Å²) >= 11 is 0. The smallest absolute Gasteiger partial charge is 0.227 e. The van der Waals surface area contributed by atoms with Crippen molar-refractivity contribution in [1.29, 1.82) is 0 Å². The molecule has 1 fully saturated rings. The first-order valence-electron chi connectivity index (χ1n) is 8.60. The molecule has 1 aliphatic rings. The Hall–Kier alpha value is -0.570. The van der Waals surface area contributed by atoms with Crippen LogP contribution >= 0.6 is 0 Å². The molecule has 1 amide bonds. The van der Waals surface area contributed by atoms with Crippen molar-refractivity contribution in [1.82, 2.24) is 5.32 Å². The number of carbonyl (C=O) groups is 1. The normalized spacial score (nSPS) is 24.2. The summed E-state index contributed by atoms with van der Waals surface area (Å²) in [6, 6.07) is 0.352. The van der Waals surface area contributed by atoms with Gasteiger partial charge in [-0.3, -0.25) is 4.79 Å². The van der Waals surface area contributed by atoms with Gasteiger partial charge in [0.25, 0.3) is 0 Å². The second-order valence-corrected chi connectivity index (χ2v) is 6.68. The third-order valence-electron chi connectivity index (χ3n) is 5.01. The van der Waals surface area contributed by atoms with Crippen molar-refractivity contribution in [2.24, 2.45) is 17.1 Å². The predicted molar refractivity (Wildman–Crippen MR) is 85.5 cm³/mol. The van der Waals surface area contributed by atoms with Crippen LogP contribution in [-0.4, -0.2) is 18.5 Å². The average molecular weight is 282 g/mol. The van der Waals surface area contributed by atoms with Gasteiger partial charge in [-0.1, -0.05) is 52.9 Å². The van der Waals surface area contributed by atoms with E-state index in [-0.39, 0.29) is 11.3 Å². The van der Waals surface area contributed by atoms with E-state index in [4.69, 9.17) is 5.73 Å². The average Bonchev–Trinajstić information content (AvgIpc) is 2.63. The van der Waals surface area contributed by atoms with Gasteiger partial charge in [0.1, 0.15) is 0 Å². The molecule has 3 heteroatoms. The minimum Gasteiger partial charge on any atom is -0.353 e. The highest BCUT2D eigenvalue weighted by molar-refractivity contribution is 5.83. The topological polar surface area (TPSA) is 55.1 Å². The number of hydrogen-bond donors (Lipinski definition) is 2. The molecule has 118 valence electrons. The molecule has 0 aromatic carbocycles. The summed E-state index contributed by atoms with van der Waals surface area (Å²) in [5, 5.41) is 3.35. The zero-order valence-corrected chi connectivity index (χ0v) is 13.7. The molecule has 0 radical (unpaired) electrons. The number of nitrogens with one attached hydrogen (secondary N) is 1. The van der Waals surface area contributed by atoms with Crippen LogP contribution in [0.4, 0.5) is 0 Å². The van der Waals surface area contributed by atoms with Gasteiger partial charge >= 0.3 is 0 Å². The van der Waals surface area contributed by atoms with Crippen LogP contribution in [0.2, 0.25) is 0 Å². The lowest BCUT2D eigenvalue weighted by molar-refractivity contribution is -0.132. The molecule has 1 aliphatic carbocycles. The van der Waals surface area contributed by atoms with Crippen LogP contribution in [0.5, 0.6) is 0 Å². The molecule has 1 saturated carbocycles. The van der Waals surface area contributed by atoms with E-state index in [9.17, 15) is 4.79 Å². The molecule has 3 N–H and O–H groups in total. The minimum absolute atomic E-state index is 0.211. The fourth-order valence-corrected chi connectivity index (χ4v) is 3.63. The molecule has 0 heterocycles. The number of carbonyl (C=O) groups excluding carboxylic acids is 1. The SMILES string of the molecule is CCCC(CN)(CCC)C(=O)NC1CCCCCC1C. The van der Waals surface area contributed by atoms with Crippen molar-refractivity contribution >= 4 is 5.91 Å².